The number of hydrogen-bond acceptors (Lipinski definition) is 3. The van der Waals surface area contributed by atoms with Crippen LogP contribution in [0, 0.1) is 23.0 Å². The van der Waals surface area contributed by atoms with E-state index in [1.807, 2.05) is 6.07 Å². The molecular formula is C13H10F2N4O. The van der Waals surface area contributed by atoms with Gasteiger partial charge in [-0.3, -0.25) is 9.48 Å². The number of carbonyl (C=O) groups excluding carboxylic acids is 1. The molecule has 0 radical (unpaired) electrons. The number of nitrogens with one attached hydrogen (secondary N) is 1. The Morgan fingerprint density at radius 2 is 2.20 bits per heavy atom. The van der Waals surface area contributed by atoms with Gasteiger partial charge in [-0.2, -0.15) is 10.4 Å². The number of benzene rings is 1. The predicted octanol–water partition coefficient (Wildman–Crippen LogP) is 1.75. The molecule has 0 aliphatic heterocycles. The maximum Gasteiger partial charge on any atom is 0.229 e. The summed E-state index contributed by atoms with van der Waals surface area (Å²) < 4.78 is 27.1. The van der Waals surface area contributed by atoms with Crippen molar-refractivity contribution in [3.05, 3.63) is 47.2 Å². The minimum absolute atomic E-state index is 0.132. The van der Waals surface area contributed by atoms with Crippen LogP contribution in [-0.4, -0.2) is 15.7 Å². The topological polar surface area (TPSA) is 70.7 Å². The van der Waals surface area contributed by atoms with Crippen molar-refractivity contribution in [1.29, 1.82) is 5.26 Å². The van der Waals surface area contributed by atoms with E-state index in [0.29, 0.717) is 5.56 Å². The second-order valence-corrected chi connectivity index (χ2v) is 4.12. The van der Waals surface area contributed by atoms with E-state index in [2.05, 4.69) is 10.4 Å². The van der Waals surface area contributed by atoms with Crippen LogP contribution in [0.2, 0.25) is 0 Å². The largest absolute Gasteiger partial charge is 0.310 e. The van der Waals surface area contributed by atoms with Crippen molar-refractivity contribution in [2.24, 2.45) is 7.05 Å². The van der Waals surface area contributed by atoms with Crippen molar-refractivity contribution < 1.29 is 13.6 Å². The molecule has 0 atom stereocenters. The molecule has 0 bridgehead atoms. The zero-order valence-corrected chi connectivity index (χ0v) is 10.5. The van der Waals surface area contributed by atoms with Crippen molar-refractivity contribution in [3.8, 4) is 6.07 Å². The van der Waals surface area contributed by atoms with Gasteiger partial charge in [0.15, 0.2) is 11.6 Å². The lowest BCUT2D eigenvalue weighted by atomic mass is 10.1. The monoisotopic (exact) mass is 276 g/mol. The summed E-state index contributed by atoms with van der Waals surface area (Å²) in [4.78, 5) is 11.8. The van der Waals surface area contributed by atoms with Crippen LogP contribution < -0.4 is 5.32 Å². The lowest BCUT2D eigenvalue weighted by Crippen LogP contribution is -2.17. The van der Waals surface area contributed by atoms with E-state index >= 15 is 0 Å². The summed E-state index contributed by atoms with van der Waals surface area (Å²) >= 11 is 0. The van der Waals surface area contributed by atoms with Gasteiger partial charge >= 0.3 is 0 Å². The molecule has 1 heterocycles. The Morgan fingerprint density at radius 1 is 1.45 bits per heavy atom. The van der Waals surface area contributed by atoms with E-state index in [4.69, 9.17) is 5.26 Å². The van der Waals surface area contributed by atoms with E-state index < -0.39 is 17.5 Å². The standard InChI is InChI=1S/C13H10F2N4O/c1-19-13(9(6-16)7-17-19)18-12(20)5-8-2-3-10(14)11(15)4-8/h2-4,7H,5H2,1H3,(H,18,20). The fourth-order valence-corrected chi connectivity index (χ4v) is 1.68. The Morgan fingerprint density at radius 3 is 2.85 bits per heavy atom. The zero-order chi connectivity index (χ0) is 14.7. The highest BCUT2D eigenvalue weighted by molar-refractivity contribution is 5.92. The summed E-state index contributed by atoms with van der Waals surface area (Å²) in [5.74, 6) is -2.16. The van der Waals surface area contributed by atoms with Gasteiger partial charge < -0.3 is 5.32 Å². The Balaban J connectivity index is 2.11. The maximum absolute atomic E-state index is 13.0. The van der Waals surface area contributed by atoms with Gasteiger partial charge in [-0.15, -0.1) is 0 Å². The highest BCUT2D eigenvalue weighted by Crippen LogP contribution is 2.14. The molecule has 102 valence electrons. The van der Waals surface area contributed by atoms with Crippen molar-refractivity contribution >= 4 is 11.7 Å². The number of halogens is 2. The third kappa shape index (κ3) is 2.80. The van der Waals surface area contributed by atoms with Crippen LogP contribution in [0.25, 0.3) is 0 Å². The van der Waals surface area contributed by atoms with Crippen LogP contribution in [0.15, 0.2) is 24.4 Å². The molecular weight excluding hydrogens is 266 g/mol. The van der Waals surface area contributed by atoms with E-state index in [1.165, 1.54) is 16.9 Å². The van der Waals surface area contributed by atoms with E-state index in [0.717, 1.165) is 12.1 Å². The quantitative estimate of drug-likeness (QED) is 0.928. The second-order valence-electron chi connectivity index (χ2n) is 4.12. The molecule has 2 aromatic rings. The first-order valence-electron chi connectivity index (χ1n) is 5.67. The van der Waals surface area contributed by atoms with Crippen molar-refractivity contribution in [3.63, 3.8) is 0 Å². The zero-order valence-electron chi connectivity index (χ0n) is 10.5. The fourth-order valence-electron chi connectivity index (χ4n) is 1.68. The van der Waals surface area contributed by atoms with Gasteiger partial charge in [0, 0.05) is 7.05 Å². The minimum Gasteiger partial charge on any atom is -0.310 e. The van der Waals surface area contributed by atoms with Crippen LogP contribution >= 0.6 is 0 Å². The van der Waals surface area contributed by atoms with E-state index in [1.54, 1.807) is 7.05 Å². The van der Waals surface area contributed by atoms with E-state index in [9.17, 15) is 13.6 Å². The molecule has 1 N–H and O–H groups in total. The first-order chi connectivity index (χ1) is 9.51. The van der Waals surface area contributed by atoms with Crippen LogP contribution in [0.3, 0.4) is 0 Å². The Labute approximate surface area is 113 Å². The van der Waals surface area contributed by atoms with Crippen LogP contribution in [-0.2, 0) is 18.3 Å². The molecule has 20 heavy (non-hydrogen) atoms. The number of anilines is 1. The number of amides is 1. The Hall–Kier alpha value is -2.75. The maximum atomic E-state index is 13.0. The lowest BCUT2D eigenvalue weighted by Gasteiger charge is -2.06. The minimum atomic E-state index is -1.01. The Bertz CT molecular complexity index is 703. The van der Waals surface area contributed by atoms with E-state index in [-0.39, 0.29) is 17.8 Å². The molecule has 0 spiro atoms. The molecule has 5 nitrogen and oxygen atoms in total. The molecule has 0 fully saturated rings. The average Bonchev–Trinajstić information content (AvgIpc) is 2.75. The molecule has 7 heteroatoms. The van der Waals surface area contributed by atoms with Gasteiger partial charge in [-0.25, -0.2) is 8.78 Å². The molecule has 0 saturated heterocycles. The number of nitriles is 1. The number of carbonyl (C=O) groups is 1. The SMILES string of the molecule is Cn1ncc(C#N)c1NC(=O)Cc1ccc(F)c(F)c1. The summed E-state index contributed by atoms with van der Waals surface area (Å²) in [5.41, 5.74) is 0.563. The lowest BCUT2D eigenvalue weighted by molar-refractivity contribution is -0.115. The number of nitrogens with zero attached hydrogens (tertiary/aromatic N) is 3. The summed E-state index contributed by atoms with van der Waals surface area (Å²) in [7, 11) is 1.58. The third-order valence-corrected chi connectivity index (χ3v) is 2.67. The number of rotatable bonds is 3. The molecule has 1 aromatic heterocycles. The van der Waals surface area contributed by atoms with Gasteiger partial charge in [-0.05, 0) is 17.7 Å². The molecule has 0 aliphatic rings. The molecule has 0 aliphatic carbocycles. The fraction of sp³-hybridized carbons (Fsp3) is 0.154. The first kappa shape index (κ1) is 13.7. The number of aryl methyl sites for hydroxylation is 1. The highest BCUT2D eigenvalue weighted by atomic mass is 19.2. The summed E-state index contributed by atoms with van der Waals surface area (Å²) in [6, 6.07) is 5.14. The average molecular weight is 276 g/mol. The number of hydrogen-bond donors (Lipinski definition) is 1. The second kappa shape index (κ2) is 5.48. The molecule has 1 amide bonds. The number of aromatic nitrogens is 2. The summed E-state index contributed by atoms with van der Waals surface area (Å²) in [5, 5.41) is 15.2. The molecule has 2 rings (SSSR count). The molecule has 1 aromatic carbocycles. The molecule has 0 unspecified atom stereocenters. The van der Waals surface area contributed by atoms with Crippen molar-refractivity contribution in [2.75, 3.05) is 5.32 Å². The van der Waals surface area contributed by atoms with Crippen LogP contribution in [0.5, 0.6) is 0 Å². The van der Waals surface area contributed by atoms with Crippen molar-refractivity contribution in [1.82, 2.24) is 9.78 Å². The first-order valence-corrected chi connectivity index (χ1v) is 5.67. The Kier molecular flexibility index (Phi) is 3.75. The molecule has 0 saturated carbocycles. The van der Waals surface area contributed by atoms with Gasteiger partial charge in [0.2, 0.25) is 5.91 Å². The highest BCUT2D eigenvalue weighted by Gasteiger charge is 2.13. The van der Waals surface area contributed by atoms with Gasteiger partial charge in [-0.1, -0.05) is 6.07 Å². The van der Waals surface area contributed by atoms with Gasteiger partial charge in [0.05, 0.1) is 12.6 Å². The van der Waals surface area contributed by atoms with Crippen LogP contribution in [0.1, 0.15) is 11.1 Å². The summed E-state index contributed by atoms with van der Waals surface area (Å²) in [6.07, 6.45) is 1.19. The van der Waals surface area contributed by atoms with Gasteiger partial charge in [0.25, 0.3) is 0 Å². The normalized spacial score (nSPS) is 10.1. The predicted molar refractivity (Wildman–Crippen MR) is 66.6 cm³/mol. The smallest absolute Gasteiger partial charge is 0.229 e. The van der Waals surface area contributed by atoms with Crippen molar-refractivity contribution in [2.45, 2.75) is 6.42 Å². The van der Waals surface area contributed by atoms with Crippen LogP contribution in [0.4, 0.5) is 14.6 Å². The third-order valence-electron chi connectivity index (χ3n) is 2.67. The summed E-state index contributed by atoms with van der Waals surface area (Å²) in [6.45, 7) is 0. The van der Waals surface area contributed by atoms with Gasteiger partial charge in [0.1, 0.15) is 17.5 Å².